The first-order valence-electron chi connectivity index (χ1n) is 10.0. The Labute approximate surface area is 165 Å². The maximum atomic E-state index is 10.4. The summed E-state index contributed by atoms with van der Waals surface area (Å²) in [7, 11) is 0. The van der Waals surface area contributed by atoms with Crippen molar-refractivity contribution < 1.29 is 10.2 Å². The zero-order chi connectivity index (χ0) is 20.4. The van der Waals surface area contributed by atoms with E-state index >= 15 is 0 Å². The Morgan fingerprint density at radius 2 is 1.48 bits per heavy atom. The van der Waals surface area contributed by atoms with Gasteiger partial charge in [0, 0.05) is 30.2 Å². The number of hydrogen-bond donors (Lipinski definition) is 2. The minimum absolute atomic E-state index is 0.214. The molecule has 0 bridgehead atoms. The molecule has 1 atom stereocenters. The summed E-state index contributed by atoms with van der Waals surface area (Å²) in [6.07, 6.45) is 0.997. The molecule has 0 saturated carbocycles. The van der Waals surface area contributed by atoms with Crippen LogP contribution in [0.2, 0.25) is 0 Å². The maximum Gasteiger partial charge on any atom is 0.119 e. The predicted octanol–water partition coefficient (Wildman–Crippen LogP) is 5.34. The predicted molar refractivity (Wildman–Crippen MR) is 115 cm³/mol. The van der Waals surface area contributed by atoms with Gasteiger partial charge in [-0.25, -0.2) is 0 Å². The average Bonchev–Trinajstić information content (AvgIpc) is 2.62. The van der Waals surface area contributed by atoms with E-state index in [2.05, 4.69) is 69.9 Å². The van der Waals surface area contributed by atoms with Crippen LogP contribution < -0.4 is 0 Å². The highest BCUT2D eigenvalue weighted by Crippen LogP contribution is 2.35. The largest absolute Gasteiger partial charge is 0.508 e. The van der Waals surface area contributed by atoms with E-state index in [4.69, 9.17) is 5.11 Å². The summed E-state index contributed by atoms with van der Waals surface area (Å²) in [5.74, 6) is 0.612. The molecule has 2 aromatic carbocycles. The highest BCUT2D eigenvalue weighted by molar-refractivity contribution is 5.43. The van der Waals surface area contributed by atoms with Gasteiger partial charge in [0.2, 0.25) is 0 Å². The number of benzene rings is 2. The lowest BCUT2D eigenvalue weighted by atomic mass is 9.87. The van der Waals surface area contributed by atoms with Gasteiger partial charge < -0.3 is 10.2 Å². The monoisotopic (exact) mass is 371 g/mol. The van der Waals surface area contributed by atoms with Gasteiger partial charge >= 0.3 is 0 Å². The van der Waals surface area contributed by atoms with Crippen LogP contribution in [0, 0.1) is 6.92 Å². The second kappa shape index (κ2) is 11.8. The molecule has 0 saturated heterocycles. The topological polar surface area (TPSA) is 43.7 Å². The van der Waals surface area contributed by atoms with Crippen LogP contribution in [0.15, 0.2) is 48.5 Å². The first-order valence-corrected chi connectivity index (χ1v) is 10.0. The maximum absolute atomic E-state index is 10.4. The van der Waals surface area contributed by atoms with Crippen LogP contribution in [0.25, 0.3) is 0 Å². The van der Waals surface area contributed by atoms with E-state index in [1.165, 1.54) is 11.1 Å². The molecule has 0 spiro atoms. The molecule has 0 aliphatic carbocycles. The number of phenolic OH excluding ortho intramolecular Hbond substituents is 1. The lowest BCUT2D eigenvalue weighted by Crippen LogP contribution is -2.38. The lowest BCUT2D eigenvalue weighted by Gasteiger charge is -2.32. The van der Waals surface area contributed by atoms with E-state index in [9.17, 15) is 5.11 Å². The molecule has 3 heteroatoms. The third-order valence-electron chi connectivity index (χ3n) is 4.76. The van der Waals surface area contributed by atoms with Gasteiger partial charge in [-0.2, -0.15) is 0 Å². The first-order chi connectivity index (χ1) is 12.8. The Morgan fingerprint density at radius 1 is 0.926 bits per heavy atom. The Hall–Kier alpha value is -1.84. The fourth-order valence-corrected chi connectivity index (χ4v) is 3.53. The minimum Gasteiger partial charge on any atom is -0.508 e. The Bertz CT molecular complexity index is 645. The van der Waals surface area contributed by atoms with Crippen LogP contribution in [0.4, 0.5) is 0 Å². The van der Waals surface area contributed by atoms with Gasteiger partial charge in [-0.05, 0) is 66.1 Å². The van der Waals surface area contributed by atoms with Crippen molar-refractivity contribution >= 4 is 0 Å². The molecule has 0 fully saturated rings. The third-order valence-corrected chi connectivity index (χ3v) is 4.76. The quantitative estimate of drug-likeness (QED) is 0.690. The smallest absolute Gasteiger partial charge is 0.119 e. The van der Waals surface area contributed by atoms with Crippen LogP contribution in [-0.4, -0.2) is 40.3 Å². The zero-order valence-corrected chi connectivity index (χ0v) is 17.8. The molecule has 0 aliphatic heterocycles. The molecular weight excluding hydrogens is 334 g/mol. The highest BCUT2D eigenvalue weighted by Gasteiger charge is 2.21. The molecule has 27 heavy (non-hydrogen) atoms. The standard InChI is InChI=1S/C22H31NO.C2H6O/c1-16(2)23(17(3)4)14-13-20(19-9-7-6-8-10-19)21-15-18(5)11-12-22(21)24;1-2-3/h6-12,15-17,20,24H,13-14H2,1-5H3;3H,2H2,1H3/t20-;/m1./s1. The van der Waals surface area contributed by atoms with Crippen molar-refractivity contribution in [2.75, 3.05) is 13.2 Å². The van der Waals surface area contributed by atoms with Crippen LogP contribution in [0.3, 0.4) is 0 Å². The number of rotatable bonds is 7. The SMILES string of the molecule is CCO.Cc1ccc(O)c([C@H](CCN(C(C)C)C(C)C)c2ccccc2)c1. The normalized spacial score (nSPS) is 12.2. The van der Waals surface area contributed by atoms with Crippen LogP contribution in [0.5, 0.6) is 5.75 Å². The Kier molecular flexibility index (Phi) is 10.1. The summed E-state index contributed by atoms with van der Waals surface area (Å²) >= 11 is 0. The molecular formula is C24H37NO2. The van der Waals surface area contributed by atoms with Gasteiger partial charge in [-0.1, -0.05) is 48.0 Å². The van der Waals surface area contributed by atoms with E-state index in [1.807, 2.05) is 18.2 Å². The summed E-state index contributed by atoms with van der Waals surface area (Å²) in [6.45, 7) is 14.0. The Morgan fingerprint density at radius 3 is 2.00 bits per heavy atom. The molecule has 2 aromatic rings. The molecule has 2 rings (SSSR count). The average molecular weight is 372 g/mol. The molecule has 150 valence electrons. The number of aliphatic hydroxyl groups excluding tert-OH is 1. The van der Waals surface area contributed by atoms with E-state index in [0.717, 1.165) is 18.5 Å². The number of aliphatic hydroxyl groups is 1. The van der Waals surface area contributed by atoms with Gasteiger partial charge in [-0.15, -0.1) is 0 Å². The molecule has 3 nitrogen and oxygen atoms in total. The van der Waals surface area contributed by atoms with Gasteiger partial charge in [0.1, 0.15) is 5.75 Å². The number of nitrogens with zero attached hydrogens (tertiary/aromatic N) is 1. The lowest BCUT2D eigenvalue weighted by molar-refractivity contribution is 0.170. The van der Waals surface area contributed by atoms with Crippen molar-refractivity contribution in [1.29, 1.82) is 0 Å². The number of phenols is 1. The number of aromatic hydroxyl groups is 1. The first kappa shape index (κ1) is 23.2. The number of aryl methyl sites for hydroxylation is 1. The molecule has 0 unspecified atom stereocenters. The third kappa shape index (κ3) is 7.36. The van der Waals surface area contributed by atoms with Crippen LogP contribution in [0.1, 0.15) is 63.6 Å². The van der Waals surface area contributed by atoms with E-state index in [-0.39, 0.29) is 12.5 Å². The van der Waals surface area contributed by atoms with Crippen molar-refractivity contribution in [3.8, 4) is 5.75 Å². The Balaban J connectivity index is 0.00000114. The summed E-state index contributed by atoms with van der Waals surface area (Å²) in [5.41, 5.74) is 3.49. The van der Waals surface area contributed by atoms with Crippen LogP contribution in [-0.2, 0) is 0 Å². The van der Waals surface area contributed by atoms with Gasteiger partial charge in [0.15, 0.2) is 0 Å². The van der Waals surface area contributed by atoms with Gasteiger partial charge in [-0.3, -0.25) is 4.90 Å². The van der Waals surface area contributed by atoms with Crippen molar-refractivity contribution in [3.05, 3.63) is 65.2 Å². The zero-order valence-electron chi connectivity index (χ0n) is 17.8. The van der Waals surface area contributed by atoms with Crippen molar-refractivity contribution in [3.63, 3.8) is 0 Å². The summed E-state index contributed by atoms with van der Waals surface area (Å²) in [6, 6.07) is 17.5. The number of hydrogen-bond acceptors (Lipinski definition) is 3. The second-order valence-electron chi connectivity index (χ2n) is 7.56. The summed E-state index contributed by atoms with van der Waals surface area (Å²) in [5, 5.41) is 18.0. The molecule has 0 amide bonds. The van der Waals surface area contributed by atoms with E-state index in [1.54, 1.807) is 6.92 Å². The molecule has 0 aromatic heterocycles. The molecule has 0 heterocycles. The van der Waals surface area contributed by atoms with Crippen LogP contribution >= 0.6 is 0 Å². The van der Waals surface area contributed by atoms with Crippen molar-refractivity contribution in [2.45, 2.75) is 66.0 Å². The van der Waals surface area contributed by atoms with E-state index < -0.39 is 0 Å². The second-order valence-corrected chi connectivity index (χ2v) is 7.56. The summed E-state index contributed by atoms with van der Waals surface area (Å²) < 4.78 is 0. The molecule has 2 N–H and O–H groups in total. The van der Waals surface area contributed by atoms with Crippen molar-refractivity contribution in [2.24, 2.45) is 0 Å². The highest BCUT2D eigenvalue weighted by atomic mass is 16.3. The summed E-state index contributed by atoms with van der Waals surface area (Å²) in [4.78, 5) is 2.52. The fourth-order valence-electron chi connectivity index (χ4n) is 3.53. The van der Waals surface area contributed by atoms with Gasteiger partial charge in [0.25, 0.3) is 0 Å². The minimum atomic E-state index is 0.214. The molecule has 0 aliphatic rings. The van der Waals surface area contributed by atoms with Crippen molar-refractivity contribution in [1.82, 2.24) is 4.90 Å². The fraction of sp³-hybridized carbons (Fsp3) is 0.500. The molecule has 0 radical (unpaired) electrons. The van der Waals surface area contributed by atoms with E-state index in [0.29, 0.717) is 17.8 Å². The van der Waals surface area contributed by atoms with Gasteiger partial charge in [0.05, 0.1) is 0 Å².